The Morgan fingerprint density at radius 2 is 1.95 bits per heavy atom. The number of carbonyl (C=O) groups is 1. The third-order valence-electron chi connectivity index (χ3n) is 2.83. The molecule has 114 valence electrons. The normalized spacial score (nSPS) is 12.8. The first kappa shape index (κ1) is 17.2. The van der Waals surface area contributed by atoms with Crippen LogP contribution in [0.1, 0.15) is 39.7 Å². The van der Waals surface area contributed by atoms with E-state index in [4.69, 9.17) is 11.6 Å². The summed E-state index contributed by atoms with van der Waals surface area (Å²) in [6.07, 6.45) is 0.313. The van der Waals surface area contributed by atoms with E-state index in [1.807, 2.05) is 20.8 Å². The highest BCUT2D eigenvalue weighted by Gasteiger charge is 2.25. The van der Waals surface area contributed by atoms with Crippen LogP contribution >= 0.6 is 11.6 Å². The Labute approximate surface area is 128 Å². The summed E-state index contributed by atoms with van der Waals surface area (Å²) in [5.74, 6) is -0.674. The molecule has 0 aliphatic rings. The van der Waals surface area contributed by atoms with Crippen molar-refractivity contribution >= 4 is 28.8 Å². The summed E-state index contributed by atoms with van der Waals surface area (Å²) >= 11 is 5.75. The number of rotatable bonds is 4. The van der Waals surface area contributed by atoms with Gasteiger partial charge in [-0.15, -0.1) is 0 Å². The molecule has 5 nitrogen and oxygen atoms in total. The van der Waals surface area contributed by atoms with Crippen molar-refractivity contribution in [3.63, 3.8) is 0 Å². The Kier molecular flexibility index (Phi) is 5.12. The van der Waals surface area contributed by atoms with E-state index in [1.165, 1.54) is 19.1 Å². The number of nitro groups is 1. The van der Waals surface area contributed by atoms with Gasteiger partial charge < -0.3 is 5.11 Å². The first-order valence-electron chi connectivity index (χ1n) is 6.40. The molecule has 1 N–H and O–H groups in total. The van der Waals surface area contributed by atoms with E-state index in [-0.39, 0.29) is 38.8 Å². The number of allylic oxidation sites excluding steroid dienone is 1. The van der Waals surface area contributed by atoms with Crippen molar-refractivity contribution in [2.45, 2.75) is 34.1 Å². The minimum Gasteiger partial charge on any atom is -0.507 e. The van der Waals surface area contributed by atoms with Gasteiger partial charge in [0.2, 0.25) is 0 Å². The summed E-state index contributed by atoms with van der Waals surface area (Å²) in [7, 11) is 0. The zero-order valence-electron chi connectivity index (χ0n) is 12.4. The fourth-order valence-electron chi connectivity index (χ4n) is 1.92. The van der Waals surface area contributed by atoms with Gasteiger partial charge in [0.1, 0.15) is 5.76 Å². The molecule has 0 fully saturated rings. The topological polar surface area (TPSA) is 80.4 Å². The lowest BCUT2D eigenvalue weighted by atomic mass is 9.85. The molecule has 0 saturated heterocycles. The predicted octanol–water partition coefficient (Wildman–Crippen LogP) is 4.54. The van der Waals surface area contributed by atoms with Crippen LogP contribution in [0.5, 0.6) is 0 Å². The third kappa shape index (κ3) is 4.56. The lowest BCUT2D eigenvalue weighted by Crippen LogP contribution is -2.13. The Hall–Kier alpha value is -1.88. The van der Waals surface area contributed by atoms with Crippen LogP contribution in [0.2, 0.25) is 5.02 Å². The molecule has 0 heterocycles. The Bertz CT molecular complexity index is 615. The zero-order chi connectivity index (χ0) is 16.4. The van der Waals surface area contributed by atoms with Crippen LogP contribution in [0.25, 0.3) is 5.76 Å². The second-order valence-electron chi connectivity index (χ2n) is 6.04. The third-order valence-corrected chi connectivity index (χ3v) is 3.06. The van der Waals surface area contributed by atoms with E-state index in [9.17, 15) is 20.0 Å². The molecule has 21 heavy (non-hydrogen) atoms. The molecule has 0 aliphatic carbocycles. The van der Waals surface area contributed by atoms with Crippen molar-refractivity contribution in [1.29, 1.82) is 0 Å². The molecule has 0 atom stereocenters. The number of nitro benzene ring substituents is 1. The number of ketones is 1. The van der Waals surface area contributed by atoms with Gasteiger partial charge in [-0.3, -0.25) is 14.9 Å². The quantitative estimate of drug-likeness (QED) is 0.383. The molecule has 0 amide bonds. The smallest absolute Gasteiger partial charge is 0.281 e. The van der Waals surface area contributed by atoms with Crippen LogP contribution in [-0.2, 0) is 4.79 Å². The summed E-state index contributed by atoms with van der Waals surface area (Å²) in [4.78, 5) is 22.2. The largest absolute Gasteiger partial charge is 0.507 e. The second-order valence-corrected chi connectivity index (χ2v) is 6.48. The molecule has 0 unspecified atom stereocenters. The first-order valence-corrected chi connectivity index (χ1v) is 6.78. The van der Waals surface area contributed by atoms with E-state index in [0.29, 0.717) is 6.42 Å². The zero-order valence-corrected chi connectivity index (χ0v) is 13.2. The average Bonchev–Trinajstić information content (AvgIpc) is 2.33. The van der Waals surface area contributed by atoms with Crippen LogP contribution in [0, 0.1) is 15.5 Å². The van der Waals surface area contributed by atoms with Crippen LogP contribution in [-0.4, -0.2) is 15.8 Å². The van der Waals surface area contributed by atoms with Crippen molar-refractivity contribution in [3.05, 3.63) is 44.5 Å². The van der Waals surface area contributed by atoms with Gasteiger partial charge >= 0.3 is 0 Å². The van der Waals surface area contributed by atoms with Gasteiger partial charge in [0.25, 0.3) is 5.69 Å². The van der Waals surface area contributed by atoms with Crippen LogP contribution in [0.3, 0.4) is 0 Å². The van der Waals surface area contributed by atoms with E-state index in [2.05, 4.69) is 0 Å². The standard InChI is InChI=1S/C15H18ClNO4/c1-9(18)12(8-15(2,3)4)14(19)11-6-5-10(16)7-13(11)17(20)21/h5-7,19H,8H2,1-4H3. The Morgan fingerprint density at radius 3 is 2.38 bits per heavy atom. The van der Waals surface area contributed by atoms with Crippen molar-refractivity contribution in [2.24, 2.45) is 5.41 Å². The fourth-order valence-corrected chi connectivity index (χ4v) is 2.09. The maximum absolute atomic E-state index is 11.8. The van der Waals surface area contributed by atoms with Gasteiger partial charge in [-0.05, 0) is 30.9 Å². The van der Waals surface area contributed by atoms with Crippen LogP contribution in [0.15, 0.2) is 23.8 Å². The molecule has 1 aromatic carbocycles. The fraction of sp³-hybridized carbons (Fsp3) is 0.400. The number of aliphatic hydroxyl groups is 1. The van der Waals surface area contributed by atoms with Crippen LogP contribution < -0.4 is 0 Å². The van der Waals surface area contributed by atoms with E-state index in [0.717, 1.165) is 6.07 Å². The second kappa shape index (κ2) is 6.26. The number of halogens is 1. The minimum atomic E-state index is -0.633. The molecule has 0 spiro atoms. The molecule has 0 radical (unpaired) electrons. The van der Waals surface area contributed by atoms with Gasteiger partial charge in [0.05, 0.1) is 10.5 Å². The molecule has 0 aromatic heterocycles. The van der Waals surface area contributed by atoms with E-state index in [1.54, 1.807) is 0 Å². The molecular weight excluding hydrogens is 294 g/mol. The number of nitrogens with zero attached hydrogens (tertiary/aromatic N) is 1. The van der Waals surface area contributed by atoms with Crippen LogP contribution in [0.4, 0.5) is 5.69 Å². The summed E-state index contributed by atoms with van der Waals surface area (Å²) in [6.45, 7) is 7.08. The van der Waals surface area contributed by atoms with E-state index >= 15 is 0 Å². The number of aliphatic hydroxyl groups excluding tert-OH is 1. The molecule has 6 heteroatoms. The molecular formula is C15H18ClNO4. The number of Topliss-reactive ketones (excluding diaryl/α,β-unsaturated/α-hetero) is 1. The molecule has 0 bridgehead atoms. The van der Waals surface area contributed by atoms with Crippen molar-refractivity contribution in [1.82, 2.24) is 0 Å². The first-order chi connectivity index (χ1) is 9.53. The highest BCUT2D eigenvalue weighted by Crippen LogP contribution is 2.33. The lowest BCUT2D eigenvalue weighted by Gasteiger charge is -2.20. The number of carbonyl (C=O) groups excluding carboxylic acids is 1. The Balaban J connectivity index is 3.51. The highest BCUT2D eigenvalue weighted by molar-refractivity contribution is 6.30. The lowest BCUT2D eigenvalue weighted by molar-refractivity contribution is -0.385. The van der Waals surface area contributed by atoms with Gasteiger partial charge in [-0.2, -0.15) is 0 Å². The minimum absolute atomic E-state index is 0.00106. The van der Waals surface area contributed by atoms with Crippen molar-refractivity contribution in [3.8, 4) is 0 Å². The summed E-state index contributed by atoms with van der Waals surface area (Å²) < 4.78 is 0. The molecule has 0 saturated carbocycles. The number of benzene rings is 1. The number of hydrogen-bond donors (Lipinski definition) is 1. The monoisotopic (exact) mass is 311 g/mol. The predicted molar refractivity (Wildman–Crippen MR) is 82.4 cm³/mol. The highest BCUT2D eigenvalue weighted by atomic mass is 35.5. The van der Waals surface area contributed by atoms with Crippen molar-refractivity contribution < 1.29 is 14.8 Å². The maximum Gasteiger partial charge on any atom is 0.281 e. The average molecular weight is 312 g/mol. The van der Waals surface area contributed by atoms with Gasteiger partial charge in [0.15, 0.2) is 5.78 Å². The molecule has 1 rings (SSSR count). The number of hydrogen-bond acceptors (Lipinski definition) is 4. The van der Waals surface area contributed by atoms with Gasteiger partial charge in [-0.1, -0.05) is 32.4 Å². The summed E-state index contributed by atoms with van der Waals surface area (Å²) in [6, 6.07) is 3.94. The Morgan fingerprint density at radius 1 is 1.38 bits per heavy atom. The summed E-state index contributed by atoms with van der Waals surface area (Å²) in [5.41, 5.74) is -0.393. The van der Waals surface area contributed by atoms with Crippen molar-refractivity contribution in [2.75, 3.05) is 0 Å². The maximum atomic E-state index is 11.8. The van der Waals surface area contributed by atoms with Gasteiger partial charge in [-0.25, -0.2) is 0 Å². The summed E-state index contributed by atoms with van der Waals surface area (Å²) in [5, 5.41) is 21.6. The van der Waals surface area contributed by atoms with Gasteiger partial charge in [0, 0.05) is 16.7 Å². The van der Waals surface area contributed by atoms with E-state index < -0.39 is 4.92 Å². The molecule has 0 aliphatic heterocycles. The molecule has 1 aromatic rings. The SMILES string of the molecule is CC(=O)C(CC(C)(C)C)=C(O)c1ccc(Cl)cc1[N+](=O)[O-].